The molecule has 6 nitrogen and oxygen atoms in total. The Balaban J connectivity index is 2.48. The summed E-state index contributed by atoms with van der Waals surface area (Å²) in [6, 6.07) is 8.30. The van der Waals surface area contributed by atoms with Crippen LogP contribution in [0.3, 0.4) is 0 Å². The highest BCUT2D eigenvalue weighted by Gasteiger charge is 2.27. The van der Waals surface area contributed by atoms with Gasteiger partial charge in [-0.05, 0) is 12.0 Å². The van der Waals surface area contributed by atoms with Crippen LogP contribution in [0, 0.1) is 0 Å². The van der Waals surface area contributed by atoms with E-state index < -0.39 is 24.2 Å². The molecule has 0 radical (unpaired) electrons. The number of amides is 1. The second-order valence-corrected chi connectivity index (χ2v) is 5.09. The first kappa shape index (κ1) is 18.0. The van der Waals surface area contributed by atoms with E-state index in [1.54, 1.807) is 0 Å². The van der Waals surface area contributed by atoms with Gasteiger partial charge in [0.1, 0.15) is 6.61 Å². The van der Waals surface area contributed by atoms with Crippen LogP contribution in [0.2, 0.25) is 0 Å². The van der Waals surface area contributed by atoms with Crippen LogP contribution in [0.1, 0.15) is 38.2 Å². The summed E-state index contributed by atoms with van der Waals surface area (Å²) >= 11 is 0. The fourth-order valence-electron chi connectivity index (χ4n) is 2.01. The molecule has 22 heavy (non-hydrogen) atoms. The van der Waals surface area contributed by atoms with Crippen molar-refractivity contribution in [2.75, 3.05) is 0 Å². The summed E-state index contributed by atoms with van der Waals surface area (Å²) in [7, 11) is 0. The summed E-state index contributed by atoms with van der Waals surface area (Å²) < 4.78 is 5.04. The van der Waals surface area contributed by atoms with Crippen LogP contribution in [0.15, 0.2) is 30.3 Å². The van der Waals surface area contributed by atoms with Gasteiger partial charge < -0.3 is 20.3 Å². The molecule has 0 saturated heterocycles. The first-order valence-corrected chi connectivity index (χ1v) is 7.42. The molecule has 0 saturated carbocycles. The van der Waals surface area contributed by atoms with Gasteiger partial charge in [-0.1, -0.05) is 56.5 Å². The van der Waals surface area contributed by atoms with Crippen molar-refractivity contribution in [3.63, 3.8) is 0 Å². The lowest BCUT2D eigenvalue weighted by molar-refractivity contribution is -0.148. The normalized spacial score (nSPS) is 13.2. The SMILES string of the molecule is CCCCC[C@@H](NC(=O)OCc1ccccc1)[C@H](O)C(=O)O. The van der Waals surface area contributed by atoms with Crippen LogP contribution in [-0.4, -0.2) is 34.4 Å². The molecule has 6 heteroatoms. The number of rotatable bonds is 9. The van der Waals surface area contributed by atoms with Gasteiger partial charge in [-0.3, -0.25) is 0 Å². The lowest BCUT2D eigenvalue weighted by Gasteiger charge is -2.21. The minimum atomic E-state index is -1.64. The number of carboxylic acids is 1. The number of aliphatic carboxylic acids is 1. The third kappa shape index (κ3) is 6.58. The molecular formula is C16H23NO5. The summed E-state index contributed by atoms with van der Waals surface area (Å²) in [6.45, 7) is 2.11. The molecule has 0 fully saturated rings. The fraction of sp³-hybridized carbons (Fsp3) is 0.500. The first-order chi connectivity index (χ1) is 10.5. The summed E-state index contributed by atoms with van der Waals surface area (Å²) in [4.78, 5) is 22.6. The molecule has 0 aliphatic heterocycles. The molecule has 0 spiro atoms. The van der Waals surface area contributed by atoms with E-state index in [0.717, 1.165) is 24.8 Å². The van der Waals surface area contributed by atoms with Crippen molar-refractivity contribution in [2.24, 2.45) is 0 Å². The van der Waals surface area contributed by atoms with Gasteiger partial charge in [0.25, 0.3) is 0 Å². The number of benzene rings is 1. The van der Waals surface area contributed by atoms with E-state index in [9.17, 15) is 14.7 Å². The minimum Gasteiger partial charge on any atom is -0.479 e. The van der Waals surface area contributed by atoms with Gasteiger partial charge in [-0.25, -0.2) is 9.59 Å². The molecule has 0 heterocycles. The van der Waals surface area contributed by atoms with Crippen LogP contribution >= 0.6 is 0 Å². The van der Waals surface area contributed by atoms with Gasteiger partial charge in [-0.2, -0.15) is 0 Å². The van der Waals surface area contributed by atoms with Gasteiger partial charge in [0.05, 0.1) is 6.04 Å². The molecule has 1 rings (SSSR count). The maximum atomic E-state index is 11.7. The first-order valence-electron chi connectivity index (χ1n) is 7.42. The lowest BCUT2D eigenvalue weighted by Crippen LogP contribution is -2.47. The largest absolute Gasteiger partial charge is 0.479 e. The second-order valence-electron chi connectivity index (χ2n) is 5.09. The number of alkyl carbamates (subject to hydrolysis) is 1. The predicted molar refractivity (Wildman–Crippen MR) is 81.3 cm³/mol. The van der Waals surface area contributed by atoms with Gasteiger partial charge >= 0.3 is 12.1 Å². The lowest BCUT2D eigenvalue weighted by atomic mass is 10.0. The van der Waals surface area contributed by atoms with Gasteiger partial charge in [-0.15, -0.1) is 0 Å². The van der Waals surface area contributed by atoms with Crippen LogP contribution in [0.5, 0.6) is 0 Å². The summed E-state index contributed by atoms with van der Waals surface area (Å²) in [5, 5.41) is 21.0. The summed E-state index contributed by atoms with van der Waals surface area (Å²) in [6.07, 6.45) is 0.621. The molecule has 3 N–H and O–H groups in total. The highest BCUT2D eigenvalue weighted by atomic mass is 16.5. The zero-order chi connectivity index (χ0) is 16.4. The third-order valence-corrected chi connectivity index (χ3v) is 3.27. The molecule has 0 aromatic heterocycles. The smallest absolute Gasteiger partial charge is 0.407 e. The van der Waals surface area contributed by atoms with E-state index in [1.807, 2.05) is 37.3 Å². The zero-order valence-electron chi connectivity index (χ0n) is 12.7. The molecule has 0 aliphatic rings. The predicted octanol–water partition coefficient (Wildman–Crippen LogP) is 2.31. The third-order valence-electron chi connectivity index (χ3n) is 3.27. The van der Waals surface area contributed by atoms with Crippen LogP contribution in [0.25, 0.3) is 0 Å². The van der Waals surface area contributed by atoms with Crippen molar-refractivity contribution < 1.29 is 24.5 Å². The molecule has 122 valence electrons. The Morgan fingerprint density at radius 1 is 1.23 bits per heavy atom. The van der Waals surface area contributed by atoms with Crippen molar-refractivity contribution in [3.05, 3.63) is 35.9 Å². The minimum absolute atomic E-state index is 0.0948. The second kappa shape index (κ2) is 9.78. The Hall–Kier alpha value is -2.08. The Morgan fingerprint density at radius 2 is 1.91 bits per heavy atom. The standard InChI is InChI=1S/C16H23NO5/c1-2-3-5-10-13(14(18)15(19)20)17-16(21)22-11-12-8-6-4-7-9-12/h4,6-9,13-14,18H,2-3,5,10-11H2,1H3,(H,17,21)(H,19,20)/t13-,14+/m1/s1. The molecule has 2 atom stereocenters. The number of unbranched alkanes of at least 4 members (excludes halogenated alkanes) is 2. The average Bonchev–Trinajstić information content (AvgIpc) is 2.52. The topological polar surface area (TPSA) is 95.9 Å². The number of aliphatic hydroxyl groups is 1. The number of hydrogen-bond acceptors (Lipinski definition) is 4. The van der Waals surface area contributed by atoms with Crippen LogP contribution < -0.4 is 5.32 Å². The highest BCUT2D eigenvalue weighted by molar-refractivity contribution is 5.75. The molecule has 1 amide bonds. The number of carbonyl (C=O) groups is 2. The number of carbonyl (C=O) groups excluding carboxylic acids is 1. The molecular weight excluding hydrogens is 286 g/mol. The maximum Gasteiger partial charge on any atom is 0.407 e. The Kier molecular flexibility index (Phi) is 7.99. The number of nitrogens with one attached hydrogen (secondary N) is 1. The van der Waals surface area contributed by atoms with Gasteiger partial charge in [0.15, 0.2) is 6.10 Å². The molecule has 0 unspecified atom stereocenters. The zero-order valence-corrected chi connectivity index (χ0v) is 12.7. The van der Waals surface area contributed by atoms with Crippen molar-refractivity contribution in [2.45, 2.75) is 51.4 Å². The van der Waals surface area contributed by atoms with Crippen molar-refractivity contribution in [3.8, 4) is 0 Å². The van der Waals surface area contributed by atoms with E-state index in [0.29, 0.717) is 6.42 Å². The summed E-state index contributed by atoms with van der Waals surface area (Å²) in [5.74, 6) is -1.36. The van der Waals surface area contributed by atoms with E-state index in [4.69, 9.17) is 9.84 Å². The molecule has 1 aromatic rings. The van der Waals surface area contributed by atoms with Crippen LogP contribution in [0.4, 0.5) is 4.79 Å². The quantitative estimate of drug-likeness (QED) is 0.608. The van der Waals surface area contributed by atoms with E-state index >= 15 is 0 Å². The fourth-order valence-corrected chi connectivity index (χ4v) is 2.01. The Bertz CT molecular complexity index is 463. The number of carboxylic acid groups (broad SMARTS) is 1. The highest BCUT2D eigenvalue weighted by Crippen LogP contribution is 2.08. The van der Waals surface area contributed by atoms with Crippen molar-refractivity contribution in [1.29, 1.82) is 0 Å². The molecule has 0 bridgehead atoms. The average molecular weight is 309 g/mol. The Morgan fingerprint density at radius 3 is 2.50 bits per heavy atom. The van der Waals surface area contributed by atoms with Crippen molar-refractivity contribution in [1.82, 2.24) is 5.32 Å². The van der Waals surface area contributed by atoms with Crippen LogP contribution in [-0.2, 0) is 16.1 Å². The van der Waals surface area contributed by atoms with E-state index in [2.05, 4.69) is 5.32 Å². The monoisotopic (exact) mass is 309 g/mol. The summed E-state index contributed by atoms with van der Waals surface area (Å²) in [5.41, 5.74) is 0.832. The van der Waals surface area contributed by atoms with Crippen molar-refractivity contribution >= 4 is 12.1 Å². The van der Waals surface area contributed by atoms with Gasteiger partial charge in [0, 0.05) is 0 Å². The number of hydrogen-bond donors (Lipinski definition) is 3. The van der Waals surface area contributed by atoms with Gasteiger partial charge in [0.2, 0.25) is 0 Å². The van der Waals surface area contributed by atoms with E-state index in [-0.39, 0.29) is 6.61 Å². The number of ether oxygens (including phenoxy) is 1. The van der Waals surface area contributed by atoms with E-state index in [1.165, 1.54) is 0 Å². The maximum absolute atomic E-state index is 11.7. The Labute approximate surface area is 130 Å². The number of aliphatic hydroxyl groups excluding tert-OH is 1. The molecule has 1 aromatic carbocycles. The molecule has 0 aliphatic carbocycles.